The van der Waals surface area contributed by atoms with Gasteiger partial charge in [0.2, 0.25) is 0 Å². The van der Waals surface area contributed by atoms with Crippen molar-refractivity contribution in [3.63, 3.8) is 0 Å². The number of ether oxygens (including phenoxy) is 3. The van der Waals surface area contributed by atoms with Gasteiger partial charge >= 0.3 is 0 Å². The minimum atomic E-state index is -0.342. The summed E-state index contributed by atoms with van der Waals surface area (Å²) < 4.78 is 16.7. The number of unbranched alkanes of at least 4 members (excludes halogenated alkanes) is 1. The molecule has 0 saturated heterocycles. The Balaban J connectivity index is 1.54. The van der Waals surface area contributed by atoms with Crippen molar-refractivity contribution < 1.29 is 19.0 Å². The molecule has 0 spiro atoms. The summed E-state index contributed by atoms with van der Waals surface area (Å²) in [5.41, 5.74) is 3.26. The third-order valence-corrected chi connectivity index (χ3v) is 4.45. The molecule has 0 bridgehead atoms. The number of nitrogens with zero attached hydrogens (tertiary/aromatic N) is 1. The van der Waals surface area contributed by atoms with Crippen LogP contribution in [0.2, 0.25) is 0 Å². The maximum atomic E-state index is 12.1. The van der Waals surface area contributed by atoms with Gasteiger partial charge in [0.25, 0.3) is 5.91 Å². The third-order valence-electron chi connectivity index (χ3n) is 4.45. The van der Waals surface area contributed by atoms with Crippen molar-refractivity contribution in [3.8, 4) is 17.2 Å². The highest BCUT2D eigenvalue weighted by atomic mass is 16.5. The highest BCUT2D eigenvalue weighted by Crippen LogP contribution is 2.28. The molecule has 0 heterocycles. The summed E-state index contributed by atoms with van der Waals surface area (Å²) in [6.07, 6.45) is 3.60. The van der Waals surface area contributed by atoms with E-state index >= 15 is 0 Å². The Morgan fingerprint density at radius 2 is 1.83 bits per heavy atom. The Labute approximate surface area is 176 Å². The fraction of sp³-hybridized carbons (Fsp3) is 0.250. The minimum Gasteiger partial charge on any atom is -0.493 e. The van der Waals surface area contributed by atoms with Crippen LogP contribution < -0.4 is 19.6 Å². The summed E-state index contributed by atoms with van der Waals surface area (Å²) >= 11 is 0. The molecule has 156 valence electrons. The van der Waals surface area contributed by atoms with E-state index in [1.165, 1.54) is 0 Å². The van der Waals surface area contributed by atoms with Gasteiger partial charge in [0, 0.05) is 5.39 Å². The van der Waals surface area contributed by atoms with Crippen LogP contribution in [0.5, 0.6) is 17.2 Å². The summed E-state index contributed by atoms with van der Waals surface area (Å²) in [6, 6.07) is 19.1. The van der Waals surface area contributed by atoms with E-state index in [-0.39, 0.29) is 12.5 Å². The molecule has 0 aliphatic heterocycles. The van der Waals surface area contributed by atoms with Crippen molar-refractivity contribution in [1.29, 1.82) is 0 Å². The lowest BCUT2D eigenvalue weighted by Crippen LogP contribution is -2.24. The van der Waals surface area contributed by atoms with E-state index in [0.29, 0.717) is 23.9 Å². The molecule has 3 rings (SSSR count). The lowest BCUT2D eigenvalue weighted by atomic mass is 10.1. The van der Waals surface area contributed by atoms with Gasteiger partial charge < -0.3 is 14.2 Å². The molecule has 0 radical (unpaired) electrons. The first kappa shape index (κ1) is 21.2. The fourth-order valence-electron chi connectivity index (χ4n) is 2.89. The topological polar surface area (TPSA) is 69.2 Å². The van der Waals surface area contributed by atoms with Crippen molar-refractivity contribution in [2.75, 3.05) is 20.3 Å². The molecule has 30 heavy (non-hydrogen) atoms. The Kier molecular flexibility index (Phi) is 7.66. The first-order valence-corrected chi connectivity index (χ1v) is 9.94. The number of hydrogen-bond acceptors (Lipinski definition) is 5. The van der Waals surface area contributed by atoms with Crippen LogP contribution in [0.1, 0.15) is 25.3 Å². The van der Waals surface area contributed by atoms with Crippen LogP contribution >= 0.6 is 0 Å². The average Bonchev–Trinajstić information content (AvgIpc) is 2.78. The lowest BCUT2D eigenvalue weighted by molar-refractivity contribution is -0.123. The van der Waals surface area contributed by atoms with Gasteiger partial charge in [-0.15, -0.1) is 0 Å². The summed E-state index contributed by atoms with van der Waals surface area (Å²) in [5, 5.41) is 6.02. The maximum absolute atomic E-state index is 12.1. The monoisotopic (exact) mass is 406 g/mol. The van der Waals surface area contributed by atoms with Crippen molar-refractivity contribution >= 4 is 22.9 Å². The molecule has 0 fully saturated rings. The normalized spacial score (nSPS) is 10.9. The number of rotatable bonds is 10. The predicted molar refractivity (Wildman–Crippen MR) is 119 cm³/mol. The van der Waals surface area contributed by atoms with Crippen molar-refractivity contribution in [2.24, 2.45) is 5.10 Å². The number of carbonyl (C=O) groups excluding carboxylic acids is 1. The first-order chi connectivity index (χ1) is 14.7. The molecule has 1 amide bonds. The van der Waals surface area contributed by atoms with E-state index < -0.39 is 0 Å². The van der Waals surface area contributed by atoms with Crippen LogP contribution in [-0.2, 0) is 4.79 Å². The molecule has 0 aromatic heterocycles. The Morgan fingerprint density at radius 3 is 2.67 bits per heavy atom. The van der Waals surface area contributed by atoms with Crippen molar-refractivity contribution in [3.05, 3.63) is 66.2 Å². The first-order valence-electron chi connectivity index (χ1n) is 9.94. The third kappa shape index (κ3) is 5.73. The van der Waals surface area contributed by atoms with E-state index in [1.54, 1.807) is 13.3 Å². The predicted octanol–water partition coefficient (Wildman–Crippen LogP) is 4.56. The summed E-state index contributed by atoms with van der Waals surface area (Å²) in [5.74, 6) is 1.64. The second-order valence-electron chi connectivity index (χ2n) is 6.67. The van der Waals surface area contributed by atoms with E-state index in [2.05, 4.69) is 17.5 Å². The van der Waals surface area contributed by atoms with E-state index in [1.807, 2.05) is 60.7 Å². The molecule has 6 nitrogen and oxygen atoms in total. The van der Waals surface area contributed by atoms with Gasteiger partial charge in [0.05, 0.1) is 19.9 Å². The minimum absolute atomic E-state index is 0.126. The van der Waals surface area contributed by atoms with Crippen molar-refractivity contribution in [2.45, 2.75) is 19.8 Å². The van der Waals surface area contributed by atoms with Gasteiger partial charge in [0.1, 0.15) is 5.75 Å². The molecule has 0 aliphatic carbocycles. The van der Waals surface area contributed by atoms with Gasteiger partial charge in [0.15, 0.2) is 18.1 Å². The van der Waals surface area contributed by atoms with E-state index in [0.717, 1.165) is 29.2 Å². The molecule has 6 heteroatoms. The van der Waals surface area contributed by atoms with Crippen LogP contribution in [0.25, 0.3) is 10.8 Å². The van der Waals surface area contributed by atoms with Crippen molar-refractivity contribution in [1.82, 2.24) is 5.43 Å². The van der Waals surface area contributed by atoms with Gasteiger partial charge in [-0.05, 0) is 41.6 Å². The number of carbonyl (C=O) groups is 1. The zero-order valence-corrected chi connectivity index (χ0v) is 17.3. The number of amides is 1. The lowest BCUT2D eigenvalue weighted by Gasteiger charge is -2.10. The van der Waals surface area contributed by atoms with Crippen LogP contribution in [0.4, 0.5) is 0 Å². The molecular weight excluding hydrogens is 380 g/mol. The highest BCUT2D eigenvalue weighted by molar-refractivity contribution is 5.89. The summed E-state index contributed by atoms with van der Waals surface area (Å²) in [4.78, 5) is 12.1. The number of methoxy groups -OCH3 is 1. The zero-order valence-electron chi connectivity index (χ0n) is 17.3. The Morgan fingerprint density at radius 1 is 1.00 bits per heavy atom. The Hall–Kier alpha value is -3.54. The molecule has 0 aliphatic rings. The van der Waals surface area contributed by atoms with Crippen LogP contribution in [0.3, 0.4) is 0 Å². The largest absolute Gasteiger partial charge is 0.493 e. The molecule has 0 saturated carbocycles. The number of fused-ring (bicyclic) bond motifs is 1. The SMILES string of the molecule is CCCCOc1ccc(/C=N/NC(=O)COc2cccc3ccccc23)cc1OC. The molecule has 3 aromatic carbocycles. The molecule has 0 unspecified atom stereocenters. The average molecular weight is 406 g/mol. The zero-order chi connectivity index (χ0) is 21.2. The van der Waals surface area contributed by atoms with Crippen LogP contribution in [0.15, 0.2) is 65.8 Å². The number of hydrazone groups is 1. The summed E-state index contributed by atoms with van der Waals surface area (Å²) in [7, 11) is 1.59. The van der Waals surface area contributed by atoms with E-state index in [9.17, 15) is 4.79 Å². The number of benzene rings is 3. The molecule has 0 atom stereocenters. The molecular formula is C24H26N2O4. The summed E-state index contributed by atoms with van der Waals surface area (Å²) in [6.45, 7) is 2.63. The molecule has 3 aromatic rings. The number of nitrogens with one attached hydrogen (secondary N) is 1. The van der Waals surface area contributed by atoms with Gasteiger partial charge in [-0.1, -0.05) is 49.7 Å². The van der Waals surface area contributed by atoms with Gasteiger partial charge in [-0.2, -0.15) is 5.10 Å². The fourth-order valence-corrected chi connectivity index (χ4v) is 2.89. The standard InChI is InChI=1S/C24H26N2O4/c1-3-4-14-29-22-13-12-18(15-23(22)28-2)16-25-26-24(27)17-30-21-11-7-9-19-8-5-6-10-20(19)21/h5-13,15-16H,3-4,14,17H2,1-2H3,(H,26,27)/b25-16+. The maximum Gasteiger partial charge on any atom is 0.277 e. The molecule has 1 N–H and O–H groups in total. The van der Waals surface area contributed by atoms with E-state index in [4.69, 9.17) is 14.2 Å². The number of hydrogen-bond donors (Lipinski definition) is 1. The highest BCUT2D eigenvalue weighted by Gasteiger charge is 2.06. The van der Waals surface area contributed by atoms with Gasteiger partial charge in [-0.25, -0.2) is 5.43 Å². The smallest absolute Gasteiger partial charge is 0.277 e. The van der Waals surface area contributed by atoms with Crippen LogP contribution in [-0.4, -0.2) is 32.4 Å². The second-order valence-corrected chi connectivity index (χ2v) is 6.67. The second kappa shape index (κ2) is 10.9. The van der Waals surface area contributed by atoms with Crippen LogP contribution in [0, 0.1) is 0 Å². The Bertz CT molecular complexity index is 1010. The quantitative estimate of drug-likeness (QED) is 0.305. The van der Waals surface area contributed by atoms with Gasteiger partial charge in [-0.3, -0.25) is 4.79 Å².